The molecule has 144 valence electrons. The van der Waals surface area contributed by atoms with Crippen molar-refractivity contribution in [2.24, 2.45) is 0 Å². The fraction of sp³-hybridized carbons (Fsp3) is 0.286. The lowest BCUT2D eigenvalue weighted by atomic mass is 10.1. The number of amides is 1. The molecule has 1 aliphatic rings. The number of hydrogen-bond donors (Lipinski definition) is 2. The first-order valence-electron chi connectivity index (χ1n) is 9.28. The summed E-state index contributed by atoms with van der Waals surface area (Å²) in [4.78, 5) is 30.4. The van der Waals surface area contributed by atoms with Gasteiger partial charge in [-0.2, -0.15) is 0 Å². The smallest absolute Gasteiger partial charge is 0.273 e. The van der Waals surface area contributed by atoms with Crippen molar-refractivity contribution in [1.82, 2.24) is 14.9 Å². The normalized spacial score (nSPS) is 14.3. The molecule has 2 N–H and O–H groups in total. The Morgan fingerprint density at radius 1 is 1.21 bits per heavy atom. The Bertz CT molecular complexity index is 1080. The molecule has 0 unspecified atom stereocenters. The molecule has 1 fully saturated rings. The Morgan fingerprint density at radius 2 is 1.93 bits per heavy atom. The van der Waals surface area contributed by atoms with Crippen LogP contribution in [0, 0.1) is 0 Å². The number of rotatable bonds is 4. The molecular formula is C21H21N3O4. The second kappa shape index (κ2) is 7.34. The minimum Gasteiger partial charge on any atom is -0.506 e. The Morgan fingerprint density at radius 3 is 2.61 bits per heavy atom. The number of hydrogen-bond acceptors (Lipinski definition) is 5. The van der Waals surface area contributed by atoms with Crippen molar-refractivity contribution in [3.8, 4) is 17.2 Å². The molecule has 2 heterocycles. The van der Waals surface area contributed by atoms with Crippen LogP contribution in [0.1, 0.15) is 36.0 Å². The van der Waals surface area contributed by atoms with Crippen LogP contribution in [0.3, 0.4) is 0 Å². The van der Waals surface area contributed by atoms with Crippen molar-refractivity contribution in [2.75, 3.05) is 7.11 Å². The third-order valence-corrected chi connectivity index (χ3v) is 5.16. The van der Waals surface area contributed by atoms with Gasteiger partial charge in [-0.25, -0.2) is 4.98 Å². The van der Waals surface area contributed by atoms with Gasteiger partial charge in [0.05, 0.1) is 18.2 Å². The van der Waals surface area contributed by atoms with Gasteiger partial charge in [0.15, 0.2) is 5.65 Å². The van der Waals surface area contributed by atoms with Crippen LogP contribution in [0.15, 0.2) is 47.4 Å². The summed E-state index contributed by atoms with van der Waals surface area (Å²) >= 11 is 0. The van der Waals surface area contributed by atoms with Crippen molar-refractivity contribution in [2.45, 2.75) is 31.7 Å². The van der Waals surface area contributed by atoms with E-state index in [0.717, 1.165) is 25.7 Å². The van der Waals surface area contributed by atoms with E-state index in [0.29, 0.717) is 16.8 Å². The highest BCUT2D eigenvalue weighted by molar-refractivity contribution is 6.02. The highest BCUT2D eigenvalue weighted by atomic mass is 16.5. The quantitative estimate of drug-likeness (QED) is 0.727. The largest absolute Gasteiger partial charge is 0.506 e. The minimum atomic E-state index is -0.607. The van der Waals surface area contributed by atoms with E-state index in [1.807, 2.05) is 0 Å². The van der Waals surface area contributed by atoms with Gasteiger partial charge in [0.25, 0.3) is 11.5 Å². The molecule has 7 nitrogen and oxygen atoms in total. The summed E-state index contributed by atoms with van der Waals surface area (Å²) < 4.78 is 6.52. The van der Waals surface area contributed by atoms with Gasteiger partial charge in [0.1, 0.15) is 17.1 Å². The average molecular weight is 379 g/mol. The van der Waals surface area contributed by atoms with E-state index in [1.54, 1.807) is 49.7 Å². The van der Waals surface area contributed by atoms with E-state index in [9.17, 15) is 14.7 Å². The van der Waals surface area contributed by atoms with Gasteiger partial charge in [-0.05, 0) is 49.2 Å². The van der Waals surface area contributed by atoms with Gasteiger partial charge < -0.3 is 15.2 Å². The molecule has 0 atom stereocenters. The van der Waals surface area contributed by atoms with Crippen molar-refractivity contribution in [3.63, 3.8) is 0 Å². The van der Waals surface area contributed by atoms with Crippen LogP contribution in [0.2, 0.25) is 0 Å². The maximum Gasteiger partial charge on any atom is 0.273 e. The second-order valence-electron chi connectivity index (χ2n) is 6.89. The van der Waals surface area contributed by atoms with Crippen molar-refractivity contribution >= 4 is 16.9 Å². The number of nitrogens with one attached hydrogen (secondary N) is 1. The van der Waals surface area contributed by atoms with Crippen LogP contribution >= 0.6 is 0 Å². The molecule has 3 aromatic rings. The van der Waals surface area contributed by atoms with Crippen molar-refractivity contribution in [1.29, 1.82) is 0 Å². The van der Waals surface area contributed by atoms with E-state index >= 15 is 0 Å². The lowest BCUT2D eigenvalue weighted by Crippen LogP contribution is -2.37. The SMILES string of the molecule is COc1ccc(-n2c(=O)c(C(=O)NC3CCCC3)c(O)c3cccnc32)cc1. The Labute approximate surface area is 161 Å². The third-order valence-electron chi connectivity index (χ3n) is 5.16. The number of aromatic hydroxyl groups is 1. The number of carbonyl (C=O) groups excluding carboxylic acids is 1. The molecule has 28 heavy (non-hydrogen) atoms. The van der Waals surface area contributed by atoms with Gasteiger partial charge >= 0.3 is 0 Å². The van der Waals surface area contributed by atoms with E-state index in [2.05, 4.69) is 10.3 Å². The average Bonchev–Trinajstić information content (AvgIpc) is 3.21. The monoisotopic (exact) mass is 379 g/mol. The molecule has 1 saturated carbocycles. The molecule has 1 amide bonds. The molecule has 4 rings (SSSR count). The molecule has 1 aromatic carbocycles. The van der Waals surface area contributed by atoms with Crippen LogP contribution < -0.4 is 15.6 Å². The maximum atomic E-state index is 13.2. The van der Waals surface area contributed by atoms with Gasteiger partial charge in [0, 0.05) is 12.2 Å². The molecule has 0 aliphatic heterocycles. The number of pyridine rings is 2. The molecule has 0 saturated heterocycles. The predicted molar refractivity (Wildman–Crippen MR) is 105 cm³/mol. The molecule has 0 radical (unpaired) electrons. The summed E-state index contributed by atoms with van der Waals surface area (Å²) in [6.45, 7) is 0. The topological polar surface area (TPSA) is 93.5 Å². The molecule has 2 aromatic heterocycles. The fourth-order valence-corrected chi connectivity index (χ4v) is 3.71. The number of carbonyl (C=O) groups is 1. The van der Waals surface area contributed by atoms with E-state index < -0.39 is 11.5 Å². The zero-order valence-corrected chi connectivity index (χ0v) is 15.5. The fourth-order valence-electron chi connectivity index (χ4n) is 3.71. The zero-order chi connectivity index (χ0) is 19.7. The summed E-state index contributed by atoms with van der Waals surface area (Å²) in [7, 11) is 1.56. The number of methoxy groups -OCH3 is 1. The van der Waals surface area contributed by atoms with E-state index in [-0.39, 0.29) is 23.0 Å². The molecule has 0 spiro atoms. The molecule has 1 aliphatic carbocycles. The van der Waals surface area contributed by atoms with Gasteiger partial charge in [-0.3, -0.25) is 14.2 Å². The van der Waals surface area contributed by atoms with Gasteiger partial charge in [0.2, 0.25) is 0 Å². The highest BCUT2D eigenvalue weighted by Gasteiger charge is 2.26. The first-order valence-corrected chi connectivity index (χ1v) is 9.28. The Kier molecular flexibility index (Phi) is 4.73. The van der Waals surface area contributed by atoms with Crippen LogP contribution in [0.5, 0.6) is 11.5 Å². The minimum absolute atomic E-state index is 0.0327. The predicted octanol–water partition coefficient (Wildman–Crippen LogP) is 2.77. The maximum absolute atomic E-state index is 13.2. The summed E-state index contributed by atoms with van der Waals surface area (Å²) in [5, 5.41) is 13.9. The van der Waals surface area contributed by atoms with E-state index in [4.69, 9.17) is 4.74 Å². The van der Waals surface area contributed by atoms with Gasteiger partial charge in [-0.1, -0.05) is 12.8 Å². The molecule has 0 bridgehead atoms. The summed E-state index contributed by atoms with van der Waals surface area (Å²) in [5.74, 6) is -0.247. The summed E-state index contributed by atoms with van der Waals surface area (Å²) in [6.07, 6.45) is 5.41. The first kappa shape index (κ1) is 18.0. The Hall–Kier alpha value is -3.35. The molecule has 7 heteroatoms. The zero-order valence-electron chi connectivity index (χ0n) is 15.5. The van der Waals surface area contributed by atoms with Crippen molar-refractivity contribution in [3.05, 3.63) is 58.5 Å². The van der Waals surface area contributed by atoms with Gasteiger partial charge in [-0.15, -0.1) is 0 Å². The van der Waals surface area contributed by atoms with Crippen LogP contribution in [0.4, 0.5) is 0 Å². The summed E-state index contributed by atoms with van der Waals surface area (Å²) in [5.41, 5.74) is -0.0513. The summed E-state index contributed by atoms with van der Waals surface area (Å²) in [6, 6.07) is 10.2. The lowest BCUT2D eigenvalue weighted by molar-refractivity contribution is 0.0933. The Balaban J connectivity index is 1.90. The van der Waals surface area contributed by atoms with Crippen LogP contribution in [-0.2, 0) is 0 Å². The number of ether oxygens (including phenoxy) is 1. The number of benzene rings is 1. The standard InChI is InChI=1S/C21H21N3O4/c1-28-15-10-8-14(9-11-15)24-19-16(7-4-12-22-19)18(25)17(21(24)27)20(26)23-13-5-2-3-6-13/h4,7-13,25H,2-3,5-6H2,1H3,(H,23,26). The second-order valence-corrected chi connectivity index (χ2v) is 6.89. The lowest BCUT2D eigenvalue weighted by Gasteiger charge is -2.16. The van der Waals surface area contributed by atoms with Crippen LogP contribution in [0.25, 0.3) is 16.7 Å². The third kappa shape index (κ3) is 3.09. The van der Waals surface area contributed by atoms with Crippen LogP contribution in [-0.4, -0.2) is 33.7 Å². The number of aromatic nitrogens is 2. The highest BCUT2D eigenvalue weighted by Crippen LogP contribution is 2.28. The molecular weight excluding hydrogens is 358 g/mol. The first-order chi connectivity index (χ1) is 13.6. The van der Waals surface area contributed by atoms with E-state index in [1.165, 1.54) is 4.57 Å². The number of nitrogens with zero attached hydrogens (tertiary/aromatic N) is 2. The van der Waals surface area contributed by atoms with Crippen molar-refractivity contribution < 1.29 is 14.6 Å². The number of fused-ring (bicyclic) bond motifs is 1.